The summed E-state index contributed by atoms with van der Waals surface area (Å²) in [7, 11) is 0. The molecule has 0 atom stereocenters. The monoisotopic (exact) mass is 184 g/mol. The van der Waals surface area contributed by atoms with Gasteiger partial charge in [-0.3, -0.25) is 0 Å². The lowest BCUT2D eigenvalue weighted by molar-refractivity contribution is 0.769. The molecule has 1 aliphatic rings. The third-order valence-electron chi connectivity index (χ3n) is 2.51. The average molecular weight is 184 g/mol. The average Bonchev–Trinajstić information content (AvgIpc) is 2.12. The summed E-state index contributed by atoms with van der Waals surface area (Å²) in [6, 6.07) is 10.4. The summed E-state index contributed by atoms with van der Waals surface area (Å²) in [5, 5.41) is 8.47. The molecule has 0 aromatic heterocycles. The van der Waals surface area contributed by atoms with Crippen LogP contribution < -0.4 is 4.90 Å². The second-order valence-electron chi connectivity index (χ2n) is 3.57. The highest BCUT2D eigenvalue weighted by molar-refractivity contribution is 5.58. The Morgan fingerprint density at radius 3 is 2.71 bits per heavy atom. The van der Waals surface area contributed by atoms with Crippen LogP contribution in [0.2, 0.25) is 0 Å². The highest BCUT2D eigenvalue weighted by Gasteiger charge is 2.20. The van der Waals surface area contributed by atoms with Crippen molar-refractivity contribution in [3.8, 4) is 6.07 Å². The zero-order chi connectivity index (χ0) is 9.97. The van der Waals surface area contributed by atoms with E-state index in [0.29, 0.717) is 0 Å². The van der Waals surface area contributed by atoms with Crippen molar-refractivity contribution in [1.29, 1.82) is 5.26 Å². The number of para-hydroxylation sites is 1. The Morgan fingerprint density at radius 1 is 1.36 bits per heavy atom. The van der Waals surface area contributed by atoms with E-state index in [9.17, 15) is 0 Å². The Labute approximate surface area is 84.1 Å². The van der Waals surface area contributed by atoms with E-state index in [0.717, 1.165) is 13.1 Å². The molecule has 1 heterocycles. The minimum atomic E-state index is 0.901. The number of anilines is 1. The minimum Gasteiger partial charge on any atom is -0.363 e. The predicted molar refractivity (Wildman–Crippen MR) is 57.1 cm³/mol. The SMILES string of the molecule is Cc1ccccc1N1CC(=CC#N)C1. The lowest BCUT2D eigenvalue weighted by Gasteiger charge is -2.36. The molecule has 2 rings (SSSR count). The third kappa shape index (κ3) is 1.49. The molecule has 1 aromatic rings. The standard InChI is InChI=1S/C12H12N2/c1-10-4-2-3-5-12(10)14-8-11(9-14)6-7-13/h2-6H,8-9H2,1H3. The fourth-order valence-corrected chi connectivity index (χ4v) is 1.72. The number of nitrogens with zero attached hydrogens (tertiary/aromatic N) is 2. The predicted octanol–water partition coefficient (Wildman–Crippen LogP) is 2.27. The van der Waals surface area contributed by atoms with Gasteiger partial charge in [0.05, 0.1) is 6.07 Å². The van der Waals surface area contributed by atoms with Gasteiger partial charge in [-0.15, -0.1) is 0 Å². The molecule has 0 radical (unpaired) electrons. The van der Waals surface area contributed by atoms with E-state index in [1.807, 2.05) is 12.1 Å². The van der Waals surface area contributed by atoms with Gasteiger partial charge >= 0.3 is 0 Å². The van der Waals surface area contributed by atoms with Crippen molar-refractivity contribution in [2.24, 2.45) is 0 Å². The van der Waals surface area contributed by atoms with Crippen molar-refractivity contribution >= 4 is 5.69 Å². The highest BCUT2D eigenvalue weighted by Crippen LogP contribution is 2.26. The number of hydrogen-bond acceptors (Lipinski definition) is 2. The molecule has 0 amide bonds. The molecule has 0 spiro atoms. The van der Waals surface area contributed by atoms with Gasteiger partial charge in [0.25, 0.3) is 0 Å². The van der Waals surface area contributed by atoms with E-state index >= 15 is 0 Å². The number of rotatable bonds is 1. The maximum absolute atomic E-state index is 8.47. The van der Waals surface area contributed by atoms with Gasteiger partial charge in [0.2, 0.25) is 0 Å². The summed E-state index contributed by atoms with van der Waals surface area (Å²) in [4.78, 5) is 2.28. The number of hydrogen-bond donors (Lipinski definition) is 0. The number of benzene rings is 1. The number of allylic oxidation sites excluding steroid dienone is 1. The van der Waals surface area contributed by atoms with Crippen LogP contribution in [0, 0.1) is 18.3 Å². The Bertz CT molecular complexity index is 405. The Balaban J connectivity index is 2.11. The Kier molecular flexibility index (Phi) is 2.24. The summed E-state index contributed by atoms with van der Waals surface area (Å²) < 4.78 is 0. The van der Waals surface area contributed by atoms with Crippen molar-refractivity contribution in [3.63, 3.8) is 0 Å². The Hall–Kier alpha value is -1.75. The summed E-state index contributed by atoms with van der Waals surface area (Å²) in [5.41, 5.74) is 3.79. The molecule has 0 N–H and O–H groups in total. The molecular weight excluding hydrogens is 172 g/mol. The molecule has 0 aliphatic carbocycles. The molecule has 2 nitrogen and oxygen atoms in total. The van der Waals surface area contributed by atoms with Crippen molar-refractivity contribution < 1.29 is 0 Å². The first-order valence-electron chi connectivity index (χ1n) is 4.69. The normalized spacial score (nSPS) is 14.6. The van der Waals surface area contributed by atoms with Crippen molar-refractivity contribution in [2.75, 3.05) is 18.0 Å². The van der Waals surface area contributed by atoms with Gasteiger partial charge < -0.3 is 4.90 Å². The number of aryl methyl sites for hydroxylation is 1. The summed E-state index contributed by atoms with van der Waals surface area (Å²) in [5.74, 6) is 0. The van der Waals surface area contributed by atoms with Crippen LogP contribution in [0.15, 0.2) is 35.9 Å². The fraction of sp³-hybridized carbons (Fsp3) is 0.250. The van der Waals surface area contributed by atoms with E-state index in [4.69, 9.17) is 5.26 Å². The van der Waals surface area contributed by atoms with Gasteiger partial charge in [-0.2, -0.15) is 5.26 Å². The second kappa shape index (κ2) is 3.55. The second-order valence-corrected chi connectivity index (χ2v) is 3.57. The summed E-state index contributed by atoms with van der Waals surface area (Å²) in [6.07, 6.45) is 1.65. The highest BCUT2D eigenvalue weighted by atomic mass is 15.2. The van der Waals surface area contributed by atoms with Crippen LogP contribution in [-0.4, -0.2) is 13.1 Å². The smallest absolute Gasteiger partial charge is 0.0912 e. The minimum absolute atomic E-state index is 0.901. The topological polar surface area (TPSA) is 27.0 Å². The molecule has 14 heavy (non-hydrogen) atoms. The zero-order valence-electron chi connectivity index (χ0n) is 8.20. The third-order valence-corrected chi connectivity index (χ3v) is 2.51. The lowest BCUT2D eigenvalue weighted by atomic mass is 10.0. The molecule has 1 aromatic carbocycles. The summed E-state index contributed by atoms with van der Waals surface area (Å²) in [6.45, 7) is 3.91. The van der Waals surface area contributed by atoms with Crippen LogP contribution in [0.25, 0.3) is 0 Å². The van der Waals surface area contributed by atoms with Crippen molar-refractivity contribution in [3.05, 3.63) is 41.5 Å². The van der Waals surface area contributed by atoms with Gasteiger partial charge in [0.15, 0.2) is 0 Å². The molecule has 0 bridgehead atoms. The molecule has 1 saturated heterocycles. The van der Waals surface area contributed by atoms with Crippen LogP contribution in [-0.2, 0) is 0 Å². The maximum Gasteiger partial charge on any atom is 0.0912 e. The molecular formula is C12H12N2. The van der Waals surface area contributed by atoms with Crippen LogP contribution in [0.4, 0.5) is 5.69 Å². The van der Waals surface area contributed by atoms with E-state index < -0.39 is 0 Å². The number of nitriles is 1. The molecule has 0 saturated carbocycles. The maximum atomic E-state index is 8.47. The summed E-state index contributed by atoms with van der Waals surface area (Å²) >= 11 is 0. The van der Waals surface area contributed by atoms with Gasteiger partial charge in [0, 0.05) is 24.9 Å². The first-order chi connectivity index (χ1) is 6.81. The lowest BCUT2D eigenvalue weighted by Crippen LogP contribution is -2.40. The first-order valence-corrected chi connectivity index (χ1v) is 4.69. The quantitative estimate of drug-likeness (QED) is 0.626. The van der Waals surface area contributed by atoms with Crippen LogP contribution >= 0.6 is 0 Å². The first kappa shape index (κ1) is 8.83. The largest absolute Gasteiger partial charge is 0.363 e. The molecule has 0 unspecified atom stereocenters. The molecule has 1 fully saturated rings. The fourth-order valence-electron chi connectivity index (χ4n) is 1.72. The van der Waals surface area contributed by atoms with Gasteiger partial charge in [-0.25, -0.2) is 0 Å². The van der Waals surface area contributed by atoms with Crippen LogP contribution in [0.1, 0.15) is 5.56 Å². The van der Waals surface area contributed by atoms with E-state index in [2.05, 4.69) is 30.0 Å². The van der Waals surface area contributed by atoms with Gasteiger partial charge in [0.1, 0.15) is 0 Å². The zero-order valence-corrected chi connectivity index (χ0v) is 8.20. The van der Waals surface area contributed by atoms with Crippen LogP contribution in [0.3, 0.4) is 0 Å². The van der Waals surface area contributed by atoms with Gasteiger partial charge in [-0.1, -0.05) is 18.2 Å². The van der Waals surface area contributed by atoms with Crippen molar-refractivity contribution in [2.45, 2.75) is 6.92 Å². The Morgan fingerprint density at radius 2 is 2.07 bits per heavy atom. The van der Waals surface area contributed by atoms with E-state index in [-0.39, 0.29) is 0 Å². The molecule has 1 aliphatic heterocycles. The van der Waals surface area contributed by atoms with Gasteiger partial charge in [-0.05, 0) is 24.1 Å². The molecule has 2 heteroatoms. The van der Waals surface area contributed by atoms with E-state index in [1.54, 1.807) is 6.08 Å². The van der Waals surface area contributed by atoms with Crippen LogP contribution in [0.5, 0.6) is 0 Å². The molecule has 70 valence electrons. The van der Waals surface area contributed by atoms with Crippen molar-refractivity contribution in [1.82, 2.24) is 0 Å². The van der Waals surface area contributed by atoms with E-state index in [1.165, 1.54) is 16.8 Å².